The Kier molecular flexibility index (Phi) is 5.30. The largest absolute Gasteiger partial charge is 0.369 e. The van der Waals surface area contributed by atoms with Crippen LogP contribution in [0.2, 0.25) is 10.0 Å². The standard InChI is InChI=1S/C15H19Cl2NO2/c1-10(2)20-9-15(19)18-7-3-4-14(18)11-5-6-12(16)13(17)8-11/h5-6,8,10,14H,3-4,7,9H2,1-2H3. The smallest absolute Gasteiger partial charge is 0.249 e. The maximum atomic E-state index is 12.2. The van der Waals surface area contributed by atoms with E-state index in [9.17, 15) is 4.79 Å². The highest BCUT2D eigenvalue weighted by molar-refractivity contribution is 6.42. The number of nitrogens with zero attached hydrogens (tertiary/aromatic N) is 1. The summed E-state index contributed by atoms with van der Waals surface area (Å²) in [5.74, 6) is 0.0345. The second-order valence-corrected chi connectivity index (χ2v) is 6.09. The number of carbonyl (C=O) groups is 1. The summed E-state index contributed by atoms with van der Waals surface area (Å²) >= 11 is 12.0. The van der Waals surface area contributed by atoms with Gasteiger partial charge in [0.2, 0.25) is 5.91 Å². The predicted octanol–water partition coefficient (Wildman–Crippen LogP) is 4.08. The zero-order chi connectivity index (χ0) is 14.7. The molecule has 1 atom stereocenters. The lowest BCUT2D eigenvalue weighted by molar-refractivity contribution is -0.138. The fourth-order valence-electron chi connectivity index (χ4n) is 2.45. The molecule has 0 saturated carbocycles. The highest BCUT2D eigenvalue weighted by Crippen LogP contribution is 2.34. The zero-order valence-corrected chi connectivity index (χ0v) is 13.2. The molecule has 1 fully saturated rings. The van der Waals surface area contributed by atoms with Gasteiger partial charge in [-0.25, -0.2) is 0 Å². The van der Waals surface area contributed by atoms with E-state index in [0.717, 1.165) is 24.9 Å². The monoisotopic (exact) mass is 315 g/mol. The Labute approximate surface area is 129 Å². The average Bonchev–Trinajstić information content (AvgIpc) is 2.88. The van der Waals surface area contributed by atoms with Crippen molar-refractivity contribution in [2.24, 2.45) is 0 Å². The quantitative estimate of drug-likeness (QED) is 0.837. The number of likely N-dealkylation sites (tertiary alicyclic amines) is 1. The number of halogens is 2. The van der Waals surface area contributed by atoms with E-state index < -0.39 is 0 Å². The van der Waals surface area contributed by atoms with Crippen LogP contribution in [-0.4, -0.2) is 30.1 Å². The van der Waals surface area contributed by atoms with Crippen LogP contribution in [0, 0.1) is 0 Å². The molecule has 1 amide bonds. The van der Waals surface area contributed by atoms with Gasteiger partial charge in [-0.1, -0.05) is 29.3 Å². The summed E-state index contributed by atoms with van der Waals surface area (Å²) < 4.78 is 5.40. The normalized spacial score (nSPS) is 18.9. The molecule has 1 aromatic rings. The first-order valence-electron chi connectivity index (χ1n) is 6.85. The molecule has 0 aliphatic carbocycles. The first-order chi connectivity index (χ1) is 9.49. The third kappa shape index (κ3) is 3.66. The van der Waals surface area contributed by atoms with E-state index in [4.69, 9.17) is 27.9 Å². The number of amides is 1. The minimum atomic E-state index is 0.0345. The van der Waals surface area contributed by atoms with Gasteiger partial charge in [-0.15, -0.1) is 0 Å². The minimum Gasteiger partial charge on any atom is -0.369 e. The predicted molar refractivity (Wildman–Crippen MR) is 81.2 cm³/mol. The van der Waals surface area contributed by atoms with Gasteiger partial charge in [-0.3, -0.25) is 4.79 Å². The first-order valence-corrected chi connectivity index (χ1v) is 7.60. The molecule has 0 bridgehead atoms. The Morgan fingerprint density at radius 2 is 2.15 bits per heavy atom. The number of carbonyl (C=O) groups excluding carboxylic acids is 1. The van der Waals surface area contributed by atoms with E-state index in [1.54, 1.807) is 6.07 Å². The van der Waals surface area contributed by atoms with E-state index in [1.165, 1.54) is 0 Å². The molecule has 2 rings (SSSR count). The second kappa shape index (κ2) is 6.79. The van der Waals surface area contributed by atoms with E-state index >= 15 is 0 Å². The number of hydrogen-bond acceptors (Lipinski definition) is 2. The molecule has 0 aromatic heterocycles. The van der Waals surface area contributed by atoms with Crippen molar-refractivity contribution in [1.29, 1.82) is 0 Å². The van der Waals surface area contributed by atoms with Crippen molar-refractivity contribution < 1.29 is 9.53 Å². The fraction of sp³-hybridized carbons (Fsp3) is 0.533. The molecule has 5 heteroatoms. The van der Waals surface area contributed by atoms with Crippen molar-refractivity contribution in [3.05, 3.63) is 33.8 Å². The van der Waals surface area contributed by atoms with Crippen LogP contribution >= 0.6 is 23.2 Å². The fourth-order valence-corrected chi connectivity index (χ4v) is 2.76. The number of ether oxygens (including phenoxy) is 1. The Morgan fingerprint density at radius 1 is 1.40 bits per heavy atom. The molecule has 1 unspecified atom stereocenters. The summed E-state index contributed by atoms with van der Waals surface area (Å²) in [4.78, 5) is 14.1. The summed E-state index contributed by atoms with van der Waals surface area (Å²) in [6.07, 6.45) is 2.01. The van der Waals surface area contributed by atoms with Crippen LogP contribution in [0.25, 0.3) is 0 Å². The van der Waals surface area contributed by atoms with Crippen molar-refractivity contribution in [1.82, 2.24) is 4.90 Å². The summed E-state index contributed by atoms with van der Waals surface area (Å²) in [5, 5.41) is 1.07. The Morgan fingerprint density at radius 3 is 2.80 bits per heavy atom. The maximum absolute atomic E-state index is 12.2. The van der Waals surface area contributed by atoms with Gasteiger partial charge in [0.25, 0.3) is 0 Å². The molecule has 1 aliphatic heterocycles. The van der Waals surface area contributed by atoms with Crippen LogP contribution in [0.1, 0.15) is 38.3 Å². The molecule has 0 spiro atoms. The third-order valence-corrected chi connectivity index (χ3v) is 4.18. The lowest BCUT2D eigenvalue weighted by atomic mass is 10.0. The van der Waals surface area contributed by atoms with Crippen molar-refractivity contribution in [3.63, 3.8) is 0 Å². The van der Waals surface area contributed by atoms with Gasteiger partial charge in [0.05, 0.1) is 22.2 Å². The molecule has 1 saturated heterocycles. The van der Waals surface area contributed by atoms with Crippen LogP contribution in [0.15, 0.2) is 18.2 Å². The molecule has 0 N–H and O–H groups in total. The topological polar surface area (TPSA) is 29.5 Å². The SMILES string of the molecule is CC(C)OCC(=O)N1CCCC1c1ccc(Cl)c(Cl)c1. The average molecular weight is 316 g/mol. The molecule has 1 aliphatic rings. The minimum absolute atomic E-state index is 0.0345. The third-order valence-electron chi connectivity index (χ3n) is 3.44. The van der Waals surface area contributed by atoms with Crippen LogP contribution < -0.4 is 0 Å². The highest BCUT2D eigenvalue weighted by Gasteiger charge is 2.30. The van der Waals surface area contributed by atoms with Gasteiger partial charge in [0.1, 0.15) is 6.61 Å². The molecular weight excluding hydrogens is 297 g/mol. The molecule has 110 valence electrons. The summed E-state index contributed by atoms with van der Waals surface area (Å²) in [6, 6.07) is 5.65. The van der Waals surface area contributed by atoms with Gasteiger partial charge in [0.15, 0.2) is 0 Å². The highest BCUT2D eigenvalue weighted by atomic mass is 35.5. The van der Waals surface area contributed by atoms with Gasteiger partial charge in [-0.05, 0) is 44.4 Å². The molecule has 0 radical (unpaired) electrons. The molecular formula is C15H19Cl2NO2. The summed E-state index contributed by atoms with van der Waals surface area (Å²) in [6.45, 7) is 4.75. The van der Waals surface area contributed by atoms with E-state index in [-0.39, 0.29) is 24.7 Å². The summed E-state index contributed by atoms with van der Waals surface area (Å²) in [7, 11) is 0. The van der Waals surface area contributed by atoms with Crippen molar-refractivity contribution in [2.75, 3.05) is 13.2 Å². The number of hydrogen-bond donors (Lipinski definition) is 0. The van der Waals surface area contributed by atoms with Crippen molar-refractivity contribution in [3.8, 4) is 0 Å². The Bertz CT molecular complexity index is 491. The zero-order valence-electron chi connectivity index (χ0n) is 11.7. The van der Waals surface area contributed by atoms with Crippen LogP contribution in [0.5, 0.6) is 0 Å². The lowest BCUT2D eigenvalue weighted by Crippen LogP contribution is -2.34. The van der Waals surface area contributed by atoms with Crippen LogP contribution in [0.4, 0.5) is 0 Å². The second-order valence-electron chi connectivity index (χ2n) is 5.28. The van der Waals surface area contributed by atoms with Crippen molar-refractivity contribution in [2.45, 2.75) is 38.8 Å². The first kappa shape index (κ1) is 15.6. The van der Waals surface area contributed by atoms with Gasteiger partial charge in [0, 0.05) is 6.54 Å². The summed E-state index contributed by atoms with van der Waals surface area (Å²) in [5.41, 5.74) is 1.04. The Hall–Kier alpha value is -0.770. The molecule has 3 nitrogen and oxygen atoms in total. The van der Waals surface area contributed by atoms with Gasteiger partial charge < -0.3 is 9.64 Å². The molecule has 20 heavy (non-hydrogen) atoms. The Balaban J connectivity index is 2.10. The number of benzene rings is 1. The number of rotatable bonds is 4. The van der Waals surface area contributed by atoms with E-state index in [0.29, 0.717) is 10.0 Å². The van der Waals surface area contributed by atoms with E-state index in [2.05, 4.69) is 0 Å². The maximum Gasteiger partial charge on any atom is 0.249 e. The van der Waals surface area contributed by atoms with Gasteiger partial charge in [-0.2, -0.15) is 0 Å². The molecule has 1 aromatic carbocycles. The van der Waals surface area contributed by atoms with Crippen LogP contribution in [-0.2, 0) is 9.53 Å². The van der Waals surface area contributed by atoms with E-state index in [1.807, 2.05) is 30.9 Å². The van der Waals surface area contributed by atoms with Crippen LogP contribution in [0.3, 0.4) is 0 Å². The van der Waals surface area contributed by atoms with Crippen molar-refractivity contribution >= 4 is 29.1 Å². The van der Waals surface area contributed by atoms with Gasteiger partial charge >= 0.3 is 0 Å². The lowest BCUT2D eigenvalue weighted by Gasteiger charge is -2.25. The molecule has 1 heterocycles.